The van der Waals surface area contributed by atoms with E-state index in [-0.39, 0.29) is 11.9 Å². The number of nitrogens with one attached hydrogen (secondary N) is 2. The van der Waals surface area contributed by atoms with E-state index in [1.54, 1.807) is 12.3 Å². The highest BCUT2D eigenvalue weighted by Crippen LogP contribution is 2.17. The Balaban J connectivity index is 2.01. The Morgan fingerprint density at radius 2 is 2.05 bits per heavy atom. The van der Waals surface area contributed by atoms with Gasteiger partial charge in [-0.05, 0) is 25.7 Å². The number of carbonyl (C=O) groups excluding carboxylic acids is 1. The molecule has 5 heteroatoms. The molecule has 1 aromatic heterocycles. The summed E-state index contributed by atoms with van der Waals surface area (Å²) in [4.78, 5) is 16.9. The first-order chi connectivity index (χ1) is 9.58. The minimum Gasteiger partial charge on any atom is -0.356 e. The maximum absolute atomic E-state index is 12.0. The normalized spacial score (nSPS) is 12.4. The van der Waals surface area contributed by atoms with Gasteiger partial charge in [-0.2, -0.15) is 0 Å². The average molecular weight is 292 g/mol. The fraction of sp³-hybridized carbons (Fsp3) is 0.267. The van der Waals surface area contributed by atoms with Crippen LogP contribution in [-0.2, 0) is 0 Å². The second kappa shape index (κ2) is 6.59. The molecule has 0 aliphatic heterocycles. The van der Waals surface area contributed by atoms with Gasteiger partial charge in [0.2, 0.25) is 0 Å². The van der Waals surface area contributed by atoms with E-state index in [1.807, 2.05) is 32.3 Å². The molecule has 4 nitrogen and oxygen atoms in total. The standard InChI is InChI=1S/C15H18ClN3O/c1-19(2)14(11-6-4-3-5-7-11)10-18-15(20)13-8-12(16)9-17-13/h3-9,14,17H,10H2,1-2H3,(H,18,20)/t14-/m0/s1. The molecule has 0 saturated heterocycles. The number of carbonyl (C=O) groups is 1. The molecule has 0 spiro atoms. The van der Waals surface area contributed by atoms with Gasteiger partial charge in [-0.1, -0.05) is 41.9 Å². The summed E-state index contributed by atoms with van der Waals surface area (Å²) in [6, 6.07) is 11.8. The van der Waals surface area contributed by atoms with E-state index < -0.39 is 0 Å². The number of hydrogen-bond acceptors (Lipinski definition) is 2. The number of benzene rings is 1. The van der Waals surface area contributed by atoms with Gasteiger partial charge in [-0.15, -0.1) is 0 Å². The Morgan fingerprint density at radius 1 is 1.35 bits per heavy atom. The van der Waals surface area contributed by atoms with Crippen molar-refractivity contribution in [1.29, 1.82) is 0 Å². The summed E-state index contributed by atoms with van der Waals surface area (Å²) in [5.41, 5.74) is 1.64. The van der Waals surface area contributed by atoms with Crippen molar-refractivity contribution < 1.29 is 4.79 Å². The van der Waals surface area contributed by atoms with Crippen LogP contribution in [-0.4, -0.2) is 36.4 Å². The van der Waals surface area contributed by atoms with Crippen molar-refractivity contribution in [2.24, 2.45) is 0 Å². The molecule has 1 heterocycles. The van der Waals surface area contributed by atoms with Crippen LogP contribution in [0.25, 0.3) is 0 Å². The lowest BCUT2D eigenvalue weighted by atomic mass is 10.1. The van der Waals surface area contributed by atoms with Gasteiger partial charge in [-0.25, -0.2) is 0 Å². The van der Waals surface area contributed by atoms with E-state index >= 15 is 0 Å². The third-order valence-corrected chi connectivity index (χ3v) is 3.37. The maximum atomic E-state index is 12.0. The Labute approximate surface area is 123 Å². The number of hydrogen-bond donors (Lipinski definition) is 2. The van der Waals surface area contributed by atoms with Crippen LogP contribution in [0, 0.1) is 0 Å². The lowest BCUT2D eigenvalue weighted by Gasteiger charge is -2.25. The van der Waals surface area contributed by atoms with Crippen LogP contribution < -0.4 is 5.32 Å². The molecule has 0 aliphatic carbocycles. The number of rotatable bonds is 5. The van der Waals surface area contributed by atoms with Gasteiger partial charge in [0, 0.05) is 12.7 Å². The predicted octanol–water partition coefficient (Wildman–Crippen LogP) is 2.70. The smallest absolute Gasteiger partial charge is 0.267 e. The zero-order valence-electron chi connectivity index (χ0n) is 11.6. The van der Waals surface area contributed by atoms with Gasteiger partial charge in [0.25, 0.3) is 5.91 Å². The zero-order chi connectivity index (χ0) is 14.5. The highest BCUT2D eigenvalue weighted by Gasteiger charge is 2.16. The first-order valence-electron chi connectivity index (χ1n) is 6.41. The van der Waals surface area contributed by atoms with Crippen molar-refractivity contribution in [1.82, 2.24) is 15.2 Å². The molecular weight excluding hydrogens is 274 g/mol. The number of aromatic amines is 1. The van der Waals surface area contributed by atoms with Crippen molar-refractivity contribution in [3.63, 3.8) is 0 Å². The van der Waals surface area contributed by atoms with Crippen LogP contribution in [0.1, 0.15) is 22.1 Å². The predicted molar refractivity (Wildman–Crippen MR) is 81.0 cm³/mol. The van der Waals surface area contributed by atoms with Crippen LogP contribution in [0.5, 0.6) is 0 Å². The summed E-state index contributed by atoms with van der Waals surface area (Å²) < 4.78 is 0. The molecular formula is C15H18ClN3O. The number of amides is 1. The van der Waals surface area contributed by atoms with Crippen LogP contribution in [0.3, 0.4) is 0 Å². The Hall–Kier alpha value is -1.78. The fourth-order valence-electron chi connectivity index (χ4n) is 2.06. The van der Waals surface area contributed by atoms with Crippen molar-refractivity contribution in [2.45, 2.75) is 6.04 Å². The zero-order valence-corrected chi connectivity index (χ0v) is 12.3. The van der Waals surface area contributed by atoms with E-state index in [4.69, 9.17) is 11.6 Å². The second-order valence-electron chi connectivity index (χ2n) is 4.83. The summed E-state index contributed by atoms with van der Waals surface area (Å²) in [5, 5.41) is 3.45. The quantitative estimate of drug-likeness (QED) is 0.890. The van der Waals surface area contributed by atoms with E-state index in [2.05, 4.69) is 27.3 Å². The Bertz CT molecular complexity index is 566. The number of halogens is 1. The topological polar surface area (TPSA) is 48.1 Å². The molecule has 0 bridgehead atoms. The SMILES string of the molecule is CN(C)[C@@H](CNC(=O)c1cc(Cl)c[nH]1)c1ccccc1. The van der Waals surface area contributed by atoms with E-state index in [0.29, 0.717) is 17.3 Å². The first-order valence-corrected chi connectivity index (χ1v) is 6.79. The van der Waals surface area contributed by atoms with Gasteiger partial charge in [0.15, 0.2) is 0 Å². The van der Waals surface area contributed by atoms with Gasteiger partial charge in [0.05, 0.1) is 11.1 Å². The first kappa shape index (κ1) is 14.6. The lowest BCUT2D eigenvalue weighted by Crippen LogP contribution is -2.34. The van der Waals surface area contributed by atoms with Crippen molar-refractivity contribution in [3.05, 3.63) is 58.9 Å². The molecule has 2 rings (SSSR count). The van der Waals surface area contributed by atoms with Gasteiger partial charge in [-0.3, -0.25) is 4.79 Å². The summed E-state index contributed by atoms with van der Waals surface area (Å²) in [6.07, 6.45) is 1.59. The highest BCUT2D eigenvalue weighted by atomic mass is 35.5. The van der Waals surface area contributed by atoms with Gasteiger partial charge >= 0.3 is 0 Å². The van der Waals surface area contributed by atoms with Gasteiger partial charge in [0.1, 0.15) is 5.69 Å². The molecule has 2 N–H and O–H groups in total. The van der Waals surface area contributed by atoms with Crippen molar-refractivity contribution >= 4 is 17.5 Å². The summed E-state index contributed by atoms with van der Waals surface area (Å²) in [5.74, 6) is -0.153. The molecule has 106 valence electrons. The molecule has 0 radical (unpaired) electrons. The van der Waals surface area contributed by atoms with Crippen LogP contribution in [0.4, 0.5) is 0 Å². The van der Waals surface area contributed by atoms with Crippen molar-refractivity contribution in [2.75, 3.05) is 20.6 Å². The monoisotopic (exact) mass is 291 g/mol. The molecule has 0 fully saturated rings. The third-order valence-electron chi connectivity index (χ3n) is 3.16. The molecule has 0 unspecified atom stereocenters. The molecule has 1 amide bonds. The molecule has 0 saturated carbocycles. The Kier molecular flexibility index (Phi) is 4.82. The second-order valence-corrected chi connectivity index (χ2v) is 5.27. The van der Waals surface area contributed by atoms with Crippen LogP contribution in [0.15, 0.2) is 42.6 Å². The summed E-state index contributed by atoms with van der Waals surface area (Å²) in [6.45, 7) is 0.534. The van der Waals surface area contributed by atoms with E-state index in [9.17, 15) is 4.79 Å². The number of nitrogens with zero attached hydrogens (tertiary/aromatic N) is 1. The highest BCUT2D eigenvalue weighted by molar-refractivity contribution is 6.30. The number of H-pyrrole nitrogens is 1. The summed E-state index contributed by atoms with van der Waals surface area (Å²) >= 11 is 5.79. The van der Waals surface area contributed by atoms with E-state index in [1.165, 1.54) is 5.56 Å². The van der Waals surface area contributed by atoms with Crippen molar-refractivity contribution in [3.8, 4) is 0 Å². The minimum absolute atomic E-state index is 0.130. The average Bonchev–Trinajstić information content (AvgIpc) is 2.86. The van der Waals surface area contributed by atoms with E-state index in [0.717, 1.165) is 0 Å². The molecule has 1 atom stereocenters. The molecule has 20 heavy (non-hydrogen) atoms. The van der Waals surface area contributed by atoms with Gasteiger partial charge < -0.3 is 15.2 Å². The van der Waals surface area contributed by atoms with Crippen LogP contribution in [0.2, 0.25) is 5.02 Å². The number of likely N-dealkylation sites (N-methyl/N-ethyl adjacent to an activating group) is 1. The fourth-order valence-corrected chi connectivity index (χ4v) is 2.22. The number of aromatic nitrogens is 1. The maximum Gasteiger partial charge on any atom is 0.267 e. The van der Waals surface area contributed by atoms with Crippen LogP contribution >= 0.6 is 11.6 Å². The molecule has 2 aromatic rings. The molecule has 1 aromatic carbocycles. The Morgan fingerprint density at radius 3 is 2.60 bits per heavy atom. The largest absolute Gasteiger partial charge is 0.356 e. The third kappa shape index (κ3) is 3.62. The summed E-state index contributed by atoms with van der Waals surface area (Å²) in [7, 11) is 3.99. The molecule has 0 aliphatic rings. The minimum atomic E-state index is -0.153. The lowest BCUT2D eigenvalue weighted by molar-refractivity contribution is 0.0937.